The number of H-pyrrole nitrogens is 1. The Morgan fingerprint density at radius 3 is 2.61 bits per heavy atom. The summed E-state index contributed by atoms with van der Waals surface area (Å²) < 4.78 is 5.28. The SMILES string of the molecule is COc1ccc2[nH]c(=O)c(CN(C(=O)CC(C)C)c3cccc(C)c3)cc2c1. The molecule has 1 amide bonds. The summed E-state index contributed by atoms with van der Waals surface area (Å²) in [6, 6.07) is 15.1. The highest BCUT2D eigenvalue weighted by Gasteiger charge is 2.19. The van der Waals surface area contributed by atoms with Crippen molar-refractivity contribution in [3.63, 3.8) is 0 Å². The van der Waals surface area contributed by atoms with Gasteiger partial charge in [-0.25, -0.2) is 0 Å². The summed E-state index contributed by atoms with van der Waals surface area (Å²) in [7, 11) is 1.61. The predicted molar refractivity (Wildman–Crippen MR) is 113 cm³/mol. The van der Waals surface area contributed by atoms with Crippen LogP contribution in [0.3, 0.4) is 0 Å². The first-order valence-electron chi connectivity index (χ1n) is 9.44. The molecule has 146 valence electrons. The number of nitrogens with one attached hydrogen (secondary N) is 1. The normalized spacial score (nSPS) is 11.0. The number of hydrogen-bond donors (Lipinski definition) is 1. The highest BCUT2D eigenvalue weighted by Crippen LogP contribution is 2.23. The third-order valence-corrected chi connectivity index (χ3v) is 4.65. The molecule has 1 heterocycles. The van der Waals surface area contributed by atoms with Crippen LogP contribution in [0.2, 0.25) is 0 Å². The number of rotatable bonds is 6. The van der Waals surface area contributed by atoms with Crippen molar-refractivity contribution in [1.29, 1.82) is 0 Å². The fraction of sp³-hybridized carbons (Fsp3) is 0.304. The summed E-state index contributed by atoms with van der Waals surface area (Å²) in [5.41, 5.74) is 2.96. The summed E-state index contributed by atoms with van der Waals surface area (Å²) in [6.07, 6.45) is 0.424. The predicted octanol–water partition coefficient (Wildman–Crippen LogP) is 4.42. The smallest absolute Gasteiger partial charge is 0.253 e. The highest BCUT2D eigenvalue weighted by molar-refractivity contribution is 5.93. The quantitative estimate of drug-likeness (QED) is 0.690. The van der Waals surface area contributed by atoms with Crippen molar-refractivity contribution in [2.45, 2.75) is 33.7 Å². The van der Waals surface area contributed by atoms with Gasteiger partial charge < -0.3 is 14.6 Å². The third kappa shape index (κ3) is 4.42. The lowest BCUT2D eigenvalue weighted by Crippen LogP contribution is -2.33. The first-order chi connectivity index (χ1) is 13.4. The highest BCUT2D eigenvalue weighted by atomic mass is 16.5. The summed E-state index contributed by atoms with van der Waals surface area (Å²) in [5, 5.41) is 0.870. The molecule has 0 radical (unpaired) electrons. The number of aromatic nitrogens is 1. The van der Waals surface area contributed by atoms with Gasteiger partial charge >= 0.3 is 0 Å². The van der Waals surface area contributed by atoms with Crippen LogP contribution in [0.1, 0.15) is 31.4 Å². The molecule has 0 spiro atoms. The van der Waals surface area contributed by atoms with Gasteiger partial charge in [-0.2, -0.15) is 0 Å². The molecule has 0 aliphatic heterocycles. The number of carbonyl (C=O) groups excluding carboxylic acids is 1. The molecule has 0 saturated heterocycles. The minimum absolute atomic E-state index is 0.00531. The van der Waals surface area contributed by atoms with E-state index in [1.165, 1.54) is 0 Å². The van der Waals surface area contributed by atoms with E-state index in [1.807, 2.05) is 69.3 Å². The van der Waals surface area contributed by atoms with Crippen molar-refractivity contribution >= 4 is 22.5 Å². The molecule has 5 heteroatoms. The van der Waals surface area contributed by atoms with Gasteiger partial charge in [0.25, 0.3) is 5.56 Å². The van der Waals surface area contributed by atoms with E-state index in [0.717, 1.165) is 27.9 Å². The van der Waals surface area contributed by atoms with Gasteiger partial charge in [0.15, 0.2) is 0 Å². The van der Waals surface area contributed by atoms with Gasteiger partial charge in [0.2, 0.25) is 5.91 Å². The van der Waals surface area contributed by atoms with Gasteiger partial charge in [-0.3, -0.25) is 9.59 Å². The number of hydrogen-bond acceptors (Lipinski definition) is 3. The molecule has 1 N–H and O–H groups in total. The van der Waals surface area contributed by atoms with Gasteiger partial charge in [-0.1, -0.05) is 26.0 Å². The number of aryl methyl sites for hydroxylation is 1. The molecule has 2 aromatic carbocycles. The number of fused-ring (bicyclic) bond motifs is 1. The Kier molecular flexibility index (Phi) is 5.83. The number of carbonyl (C=O) groups is 1. The average molecular weight is 378 g/mol. The number of aromatic amines is 1. The zero-order chi connectivity index (χ0) is 20.3. The molecule has 0 saturated carbocycles. The fourth-order valence-electron chi connectivity index (χ4n) is 3.22. The second kappa shape index (κ2) is 8.30. The molecule has 3 aromatic rings. The molecular formula is C23H26N2O3. The average Bonchev–Trinajstić information content (AvgIpc) is 2.65. The Labute approximate surface area is 165 Å². The lowest BCUT2D eigenvalue weighted by molar-refractivity contribution is -0.119. The Bertz CT molecular complexity index is 1050. The lowest BCUT2D eigenvalue weighted by Gasteiger charge is -2.24. The van der Waals surface area contributed by atoms with Crippen LogP contribution in [0.5, 0.6) is 5.75 Å². The minimum atomic E-state index is -0.187. The van der Waals surface area contributed by atoms with Gasteiger partial charge in [-0.05, 0) is 54.8 Å². The molecular weight excluding hydrogens is 352 g/mol. The van der Waals surface area contributed by atoms with Gasteiger partial charge in [0.05, 0.1) is 13.7 Å². The van der Waals surface area contributed by atoms with E-state index in [9.17, 15) is 9.59 Å². The van der Waals surface area contributed by atoms with E-state index in [1.54, 1.807) is 12.0 Å². The van der Waals surface area contributed by atoms with Crippen LogP contribution in [0.4, 0.5) is 5.69 Å². The molecule has 0 aliphatic carbocycles. The second-order valence-electron chi connectivity index (χ2n) is 7.49. The summed E-state index contributed by atoms with van der Waals surface area (Å²) in [6.45, 7) is 6.24. The van der Waals surface area contributed by atoms with Crippen LogP contribution >= 0.6 is 0 Å². The number of ether oxygens (including phenoxy) is 1. The Morgan fingerprint density at radius 2 is 1.93 bits per heavy atom. The van der Waals surface area contributed by atoms with Gasteiger partial charge in [0, 0.05) is 28.6 Å². The molecule has 28 heavy (non-hydrogen) atoms. The van der Waals surface area contributed by atoms with Crippen LogP contribution in [-0.4, -0.2) is 18.0 Å². The molecule has 1 aromatic heterocycles. The molecule has 0 aliphatic rings. The first-order valence-corrected chi connectivity index (χ1v) is 9.44. The number of pyridine rings is 1. The molecule has 0 bridgehead atoms. The molecule has 3 rings (SSSR count). The maximum absolute atomic E-state index is 12.9. The van der Waals surface area contributed by atoms with Gasteiger partial charge in [-0.15, -0.1) is 0 Å². The van der Waals surface area contributed by atoms with E-state index in [4.69, 9.17) is 4.74 Å². The zero-order valence-electron chi connectivity index (χ0n) is 16.8. The maximum Gasteiger partial charge on any atom is 0.253 e. The van der Waals surface area contributed by atoms with Crippen LogP contribution in [-0.2, 0) is 11.3 Å². The monoisotopic (exact) mass is 378 g/mol. The third-order valence-electron chi connectivity index (χ3n) is 4.65. The molecule has 0 atom stereocenters. The number of amides is 1. The topological polar surface area (TPSA) is 62.4 Å². The summed E-state index contributed by atoms with van der Waals surface area (Å²) in [4.78, 5) is 30.2. The number of anilines is 1. The van der Waals surface area contributed by atoms with Crippen molar-refractivity contribution in [2.75, 3.05) is 12.0 Å². The number of methoxy groups -OCH3 is 1. The van der Waals surface area contributed by atoms with Crippen LogP contribution in [0.15, 0.2) is 53.3 Å². The van der Waals surface area contributed by atoms with E-state index < -0.39 is 0 Å². The molecule has 0 unspecified atom stereocenters. The minimum Gasteiger partial charge on any atom is -0.497 e. The van der Waals surface area contributed by atoms with Crippen LogP contribution in [0.25, 0.3) is 10.9 Å². The number of benzene rings is 2. The van der Waals surface area contributed by atoms with E-state index in [-0.39, 0.29) is 23.9 Å². The summed E-state index contributed by atoms with van der Waals surface area (Å²) >= 11 is 0. The van der Waals surface area contributed by atoms with E-state index >= 15 is 0 Å². The van der Waals surface area contributed by atoms with E-state index in [2.05, 4.69) is 4.98 Å². The Balaban J connectivity index is 2.03. The van der Waals surface area contributed by atoms with Crippen LogP contribution < -0.4 is 15.2 Å². The van der Waals surface area contributed by atoms with Crippen molar-refractivity contribution in [1.82, 2.24) is 4.98 Å². The second-order valence-corrected chi connectivity index (χ2v) is 7.49. The molecule has 5 nitrogen and oxygen atoms in total. The van der Waals surface area contributed by atoms with Crippen molar-refractivity contribution in [3.8, 4) is 5.75 Å². The lowest BCUT2D eigenvalue weighted by atomic mass is 10.1. The van der Waals surface area contributed by atoms with E-state index in [0.29, 0.717) is 12.0 Å². The first kappa shape index (κ1) is 19.7. The molecule has 0 fully saturated rings. The Hall–Kier alpha value is -3.08. The van der Waals surface area contributed by atoms with Crippen molar-refractivity contribution in [2.24, 2.45) is 5.92 Å². The largest absolute Gasteiger partial charge is 0.497 e. The fourth-order valence-corrected chi connectivity index (χ4v) is 3.22. The van der Waals surface area contributed by atoms with Gasteiger partial charge in [0.1, 0.15) is 5.75 Å². The zero-order valence-corrected chi connectivity index (χ0v) is 16.8. The Morgan fingerprint density at radius 1 is 1.14 bits per heavy atom. The van der Waals surface area contributed by atoms with Crippen molar-refractivity contribution < 1.29 is 9.53 Å². The summed E-state index contributed by atoms with van der Waals surface area (Å²) in [5.74, 6) is 0.960. The maximum atomic E-state index is 12.9. The standard InChI is InChI=1S/C23H26N2O3/c1-15(2)10-22(26)25(19-7-5-6-16(3)11-19)14-18-12-17-13-20(28-4)8-9-21(17)24-23(18)27/h5-9,11-13,15H,10,14H2,1-4H3,(H,24,27). The number of nitrogens with zero attached hydrogens (tertiary/aromatic N) is 1. The van der Waals surface area contributed by atoms with Crippen molar-refractivity contribution in [3.05, 3.63) is 70.0 Å². The van der Waals surface area contributed by atoms with Crippen LogP contribution in [0, 0.1) is 12.8 Å².